The van der Waals surface area contributed by atoms with Crippen LogP contribution in [0, 0.1) is 41.4 Å². The Labute approximate surface area is 199 Å². The summed E-state index contributed by atoms with van der Waals surface area (Å²) in [6.07, 6.45) is -8.79. The van der Waals surface area contributed by atoms with Crippen LogP contribution in [0.3, 0.4) is 0 Å². The molecule has 0 aromatic rings. The lowest BCUT2D eigenvalue weighted by Crippen LogP contribution is -2.74. The van der Waals surface area contributed by atoms with Crippen molar-refractivity contribution in [3.05, 3.63) is 0 Å². The summed E-state index contributed by atoms with van der Waals surface area (Å²) in [6, 6.07) is 0. The largest absolute Gasteiger partial charge is 0.393 e. The van der Waals surface area contributed by atoms with Crippen molar-refractivity contribution in [1.29, 1.82) is 0 Å². The second kappa shape index (κ2) is 9.46. The maximum atomic E-state index is 11.5. The standard InChI is InChI=1S/C23H42N2O9/c1-25(2)22(33)17(28)10-3-4-12(26)15-11(10)6-8-5-9-7-13(27)16(21(24)32)20(31)23(9,34)19(30)14(8)18(15)29/h8-22,26-34H,3-7,24H2,1-2H3/t8-,9+,10?,11?,12?,13?,14?,15?,16?,17?,18?,19?,20?,21?,22?,23+/m1/s1. The molecule has 16 atom stereocenters. The highest BCUT2D eigenvalue weighted by molar-refractivity contribution is 5.16. The third-order valence-corrected chi connectivity index (χ3v) is 9.75. The lowest BCUT2D eigenvalue weighted by atomic mass is 9.47. The van der Waals surface area contributed by atoms with E-state index in [1.165, 1.54) is 4.90 Å². The summed E-state index contributed by atoms with van der Waals surface area (Å²) in [5, 5.41) is 97.8. The Hall–Kier alpha value is -0.440. The molecule has 0 saturated heterocycles. The van der Waals surface area contributed by atoms with Crippen molar-refractivity contribution in [2.24, 2.45) is 47.2 Å². The Bertz CT molecular complexity index is 729. The molecule has 198 valence electrons. The van der Waals surface area contributed by atoms with E-state index in [1.807, 2.05) is 0 Å². The molecule has 11 N–H and O–H groups in total. The molecule has 0 bridgehead atoms. The maximum Gasteiger partial charge on any atom is 0.133 e. The van der Waals surface area contributed by atoms with Crippen LogP contribution >= 0.6 is 0 Å². The zero-order chi connectivity index (χ0) is 25.3. The fourth-order valence-electron chi connectivity index (χ4n) is 8.03. The summed E-state index contributed by atoms with van der Waals surface area (Å²) < 4.78 is 0. The van der Waals surface area contributed by atoms with E-state index < -0.39 is 78.4 Å². The number of nitrogens with zero attached hydrogens (tertiary/aromatic N) is 1. The first-order valence-corrected chi connectivity index (χ1v) is 12.4. The van der Waals surface area contributed by atoms with Gasteiger partial charge in [-0.3, -0.25) is 4.90 Å². The minimum atomic E-state index is -2.08. The summed E-state index contributed by atoms with van der Waals surface area (Å²) in [7, 11) is 3.30. The van der Waals surface area contributed by atoms with Crippen LogP contribution in [-0.2, 0) is 0 Å². The van der Waals surface area contributed by atoms with Crippen LogP contribution in [0.5, 0.6) is 0 Å². The van der Waals surface area contributed by atoms with Crippen LogP contribution < -0.4 is 5.73 Å². The van der Waals surface area contributed by atoms with Gasteiger partial charge in [0.25, 0.3) is 0 Å². The van der Waals surface area contributed by atoms with Gasteiger partial charge in [-0.1, -0.05) is 0 Å². The average molecular weight is 491 g/mol. The molecule has 11 nitrogen and oxygen atoms in total. The van der Waals surface area contributed by atoms with Crippen LogP contribution in [0.1, 0.15) is 32.1 Å². The van der Waals surface area contributed by atoms with Crippen molar-refractivity contribution < 1.29 is 46.0 Å². The highest BCUT2D eigenvalue weighted by Crippen LogP contribution is 2.58. The van der Waals surface area contributed by atoms with Gasteiger partial charge in [-0.15, -0.1) is 0 Å². The SMILES string of the molecule is CN(C)C(O)C(O)C1CCC(O)C2C(O)C3C(O)[C@]4(O)C(O)C(C(N)O)C(O)C[C@@H]4C[C@@H]3CC12. The van der Waals surface area contributed by atoms with Gasteiger partial charge in [-0.05, 0) is 69.9 Å². The number of nitrogens with two attached hydrogens (primary N) is 1. The van der Waals surface area contributed by atoms with Crippen molar-refractivity contribution in [3.63, 3.8) is 0 Å². The molecule has 0 heterocycles. The van der Waals surface area contributed by atoms with Gasteiger partial charge >= 0.3 is 0 Å². The molecule has 13 unspecified atom stereocenters. The van der Waals surface area contributed by atoms with Gasteiger partial charge in [0, 0.05) is 11.8 Å². The van der Waals surface area contributed by atoms with Crippen LogP contribution in [0.15, 0.2) is 0 Å². The number of aliphatic hydroxyl groups excluding tert-OH is 8. The van der Waals surface area contributed by atoms with Crippen LogP contribution in [-0.4, -0.2) is 120 Å². The predicted molar refractivity (Wildman–Crippen MR) is 118 cm³/mol. The summed E-state index contributed by atoms with van der Waals surface area (Å²) in [5.74, 6) is -4.48. The highest BCUT2D eigenvalue weighted by Gasteiger charge is 2.67. The molecule has 11 heteroatoms. The lowest BCUT2D eigenvalue weighted by molar-refractivity contribution is -0.296. The van der Waals surface area contributed by atoms with E-state index in [-0.39, 0.29) is 24.2 Å². The van der Waals surface area contributed by atoms with E-state index in [2.05, 4.69) is 0 Å². The number of fused-ring (bicyclic) bond motifs is 3. The minimum absolute atomic E-state index is 0.0188. The molecule has 0 aromatic carbocycles. The summed E-state index contributed by atoms with van der Waals surface area (Å²) in [5.41, 5.74) is 3.46. The Morgan fingerprint density at radius 2 is 1.50 bits per heavy atom. The molecule has 4 aliphatic rings. The Kier molecular flexibility index (Phi) is 7.40. The van der Waals surface area contributed by atoms with E-state index in [9.17, 15) is 46.0 Å². The Morgan fingerprint density at radius 1 is 0.853 bits per heavy atom. The second-order valence-corrected chi connectivity index (χ2v) is 11.6. The molecule has 0 spiro atoms. The summed E-state index contributed by atoms with van der Waals surface area (Å²) in [4.78, 5) is 1.50. The molecular formula is C23H42N2O9. The average Bonchev–Trinajstić information content (AvgIpc) is 2.75. The van der Waals surface area contributed by atoms with Gasteiger partial charge in [0.05, 0.1) is 42.5 Å². The third kappa shape index (κ3) is 3.93. The Morgan fingerprint density at radius 3 is 2.09 bits per heavy atom. The van der Waals surface area contributed by atoms with Crippen molar-refractivity contribution >= 4 is 0 Å². The molecule has 0 aliphatic heterocycles. The normalized spacial score (nSPS) is 53.9. The van der Waals surface area contributed by atoms with Crippen LogP contribution in [0.2, 0.25) is 0 Å². The summed E-state index contributed by atoms with van der Waals surface area (Å²) in [6.45, 7) is 0. The number of aliphatic hydroxyl groups is 9. The highest BCUT2D eigenvalue weighted by atomic mass is 16.4. The topological polar surface area (TPSA) is 211 Å². The Balaban J connectivity index is 1.65. The molecule has 4 fully saturated rings. The van der Waals surface area contributed by atoms with E-state index >= 15 is 0 Å². The summed E-state index contributed by atoms with van der Waals surface area (Å²) >= 11 is 0. The lowest BCUT2D eigenvalue weighted by Gasteiger charge is -2.62. The number of rotatable bonds is 4. The van der Waals surface area contributed by atoms with Gasteiger partial charge in [-0.2, -0.15) is 0 Å². The van der Waals surface area contributed by atoms with E-state index in [0.29, 0.717) is 25.7 Å². The molecule has 4 aliphatic carbocycles. The molecule has 4 saturated carbocycles. The number of likely N-dealkylation sites (N-methyl/N-ethyl adjacent to an activating group) is 1. The van der Waals surface area contributed by atoms with Crippen LogP contribution in [0.4, 0.5) is 0 Å². The second-order valence-electron chi connectivity index (χ2n) is 11.6. The first kappa shape index (κ1) is 26.6. The predicted octanol–water partition coefficient (Wildman–Crippen LogP) is -3.64. The monoisotopic (exact) mass is 490 g/mol. The van der Waals surface area contributed by atoms with E-state index in [1.54, 1.807) is 14.1 Å². The van der Waals surface area contributed by atoms with Gasteiger partial charge in [0.2, 0.25) is 0 Å². The zero-order valence-corrected chi connectivity index (χ0v) is 19.7. The quantitative estimate of drug-likeness (QED) is 0.174. The first-order valence-electron chi connectivity index (χ1n) is 12.4. The molecular weight excluding hydrogens is 448 g/mol. The smallest absolute Gasteiger partial charge is 0.133 e. The minimum Gasteiger partial charge on any atom is -0.393 e. The fraction of sp³-hybridized carbons (Fsp3) is 1.00. The molecule has 34 heavy (non-hydrogen) atoms. The van der Waals surface area contributed by atoms with E-state index in [0.717, 1.165) is 0 Å². The fourth-order valence-corrected chi connectivity index (χ4v) is 8.03. The first-order chi connectivity index (χ1) is 15.8. The van der Waals surface area contributed by atoms with Crippen molar-refractivity contribution in [1.82, 2.24) is 4.90 Å². The molecule has 4 rings (SSSR count). The number of hydrogen-bond donors (Lipinski definition) is 10. The van der Waals surface area contributed by atoms with Crippen molar-refractivity contribution in [3.8, 4) is 0 Å². The van der Waals surface area contributed by atoms with Crippen LogP contribution in [0.25, 0.3) is 0 Å². The van der Waals surface area contributed by atoms with Gasteiger partial charge < -0.3 is 51.7 Å². The zero-order valence-electron chi connectivity index (χ0n) is 19.7. The van der Waals surface area contributed by atoms with Crippen molar-refractivity contribution in [2.75, 3.05) is 14.1 Å². The molecule has 0 aromatic heterocycles. The van der Waals surface area contributed by atoms with E-state index in [4.69, 9.17) is 5.73 Å². The van der Waals surface area contributed by atoms with Gasteiger partial charge in [0.1, 0.15) is 18.1 Å². The van der Waals surface area contributed by atoms with Gasteiger partial charge in [0.15, 0.2) is 0 Å². The number of hydrogen-bond acceptors (Lipinski definition) is 11. The molecule has 0 amide bonds. The maximum absolute atomic E-state index is 11.5. The van der Waals surface area contributed by atoms with Gasteiger partial charge in [-0.25, -0.2) is 0 Å². The molecule has 0 radical (unpaired) electrons. The third-order valence-electron chi connectivity index (χ3n) is 9.75. The van der Waals surface area contributed by atoms with Crippen molar-refractivity contribution in [2.45, 2.75) is 86.8 Å².